The van der Waals surface area contributed by atoms with Crippen molar-refractivity contribution < 1.29 is 5.11 Å². The number of phenolic OH excluding ortho intramolecular Hbond substituents is 1. The summed E-state index contributed by atoms with van der Waals surface area (Å²) in [7, 11) is 0. The Bertz CT molecular complexity index is 409. The van der Waals surface area contributed by atoms with Gasteiger partial charge in [0.05, 0.1) is 0 Å². The van der Waals surface area contributed by atoms with Crippen molar-refractivity contribution in [3.63, 3.8) is 0 Å². The predicted molar refractivity (Wildman–Crippen MR) is 72.0 cm³/mol. The van der Waals surface area contributed by atoms with Gasteiger partial charge in [0.25, 0.3) is 0 Å². The number of fused-ring (bicyclic) bond motifs is 2. The van der Waals surface area contributed by atoms with Crippen LogP contribution in [0.15, 0.2) is 40.6 Å². The molecule has 17 heavy (non-hydrogen) atoms. The zero-order valence-electron chi connectivity index (χ0n) is 9.88. The highest BCUT2D eigenvalue weighted by Gasteiger charge is 2.37. The summed E-state index contributed by atoms with van der Waals surface area (Å²) in [6, 6.07) is 7.41. The van der Waals surface area contributed by atoms with Crippen LogP contribution in [0.1, 0.15) is 25.7 Å². The topological polar surface area (TPSA) is 20.2 Å². The standard InChI is InChI=1S/C15H18OS/c16-14-3-5-15(6-4-14)17-8-7-13-10-11-1-2-12(13)9-11/h3-8,11-13,16H,1-2,9-10H2. The molecule has 0 heterocycles. The normalized spacial score (nSPS) is 31.4. The van der Waals surface area contributed by atoms with Crippen molar-refractivity contribution in [2.75, 3.05) is 0 Å². The van der Waals surface area contributed by atoms with Crippen LogP contribution >= 0.6 is 11.8 Å². The number of benzene rings is 1. The van der Waals surface area contributed by atoms with Gasteiger partial charge in [-0.05, 0) is 66.7 Å². The average Bonchev–Trinajstić information content (AvgIpc) is 2.94. The Labute approximate surface area is 107 Å². The molecular weight excluding hydrogens is 228 g/mol. The predicted octanol–water partition coefficient (Wildman–Crippen LogP) is 4.43. The third-order valence-corrected chi connectivity index (χ3v) is 5.00. The van der Waals surface area contributed by atoms with Crippen LogP contribution in [0.25, 0.3) is 0 Å². The first-order valence-electron chi connectivity index (χ1n) is 6.43. The van der Waals surface area contributed by atoms with E-state index in [1.807, 2.05) is 12.1 Å². The lowest BCUT2D eigenvalue weighted by Crippen LogP contribution is -2.06. The van der Waals surface area contributed by atoms with E-state index in [4.69, 9.17) is 0 Å². The monoisotopic (exact) mass is 246 g/mol. The van der Waals surface area contributed by atoms with Crippen LogP contribution in [-0.2, 0) is 0 Å². The number of rotatable bonds is 3. The molecule has 2 saturated carbocycles. The second-order valence-electron chi connectivity index (χ2n) is 5.28. The Kier molecular flexibility index (Phi) is 3.15. The number of phenols is 1. The molecule has 0 aliphatic heterocycles. The van der Waals surface area contributed by atoms with Crippen LogP contribution in [-0.4, -0.2) is 5.11 Å². The first kappa shape index (κ1) is 11.2. The summed E-state index contributed by atoms with van der Waals surface area (Å²) >= 11 is 1.75. The molecule has 3 unspecified atom stereocenters. The van der Waals surface area contributed by atoms with Gasteiger partial charge in [0.1, 0.15) is 5.75 Å². The summed E-state index contributed by atoms with van der Waals surface area (Å²) in [5.41, 5.74) is 0. The number of thioether (sulfide) groups is 1. The summed E-state index contributed by atoms with van der Waals surface area (Å²) in [4.78, 5) is 1.20. The minimum absolute atomic E-state index is 0.339. The van der Waals surface area contributed by atoms with Gasteiger partial charge < -0.3 is 5.11 Å². The third kappa shape index (κ3) is 2.52. The molecule has 1 nitrogen and oxygen atoms in total. The lowest BCUT2D eigenvalue weighted by molar-refractivity contribution is 0.395. The van der Waals surface area contributed by atoms with Crippen molar-refractivity contribution in [3.05, 3.63) is 35.7 Å². The number of aromatic hydroxyl groups is 1. The van der Waals surface area contributed by atoms with E-state index < -0.39 is 0 Å². The Morgan fingerprint density at radius 1 is 1.12 bits per heavy atom. The van der Waals surface area contributed by atoms with Crippen LogP contribution in [0.5, 0.6) is 5.75 Å². The van der Waals surface area contributed by atoms with Crippen LogP contribution < -0.4 is 0 Å². The molecule has 2 heteroatoms. The molecule has 0 spiro atoms. The van der Waals surface area contributed by atoms with Crippen LogP contribution in [0.3, 0.4) is 0 Å². The molecule has 2 aliphatic rings. The number of hydrogen-bond acceptors (Lipinski definition) is 2. The Morgan fingerprint density at radius 3 is 2.59 bits per heavy atom. The van der Waals surface area contributed by atoms with E-state index >= 15 is 0 Å². The van der Waals surface area contributed by atoms with Gasteiger partial charge in [-0.3, -0.25) is 0 Å². The maximum absolute atomic E-state index is 9.20. The molecule has 0 aromatic heterocycles. The Morgan fingerprint density at radius 2 is 1.94 bits per heavy atom. The molecule has 2 aliphatic carbocycles. The maximum Gasteiger partial charge on any atom is 0.115 e. The molecule has 1 aromatic carbocycles. The summed E-state index contributed by atoms with van der Waals surface area (Å²) < 4.78 is 0. The van der Waals surface area contributed by atoms with Gasteiger partial charge in [-0.2, -0.15) is 0 Å². The van der Waals surface area contributed by atoms with Crippen molar-refractivity contribution in [2.24, 2.45) is 17.8 Å². The van der Waals surface area contributed by atoms with Crippen molar-refractivity contribution in [2.45, 2.75) is 30.6 Å². The van der Waals surface area contributed by atoms with E-state index in [9.17, 15) is 5.11 Å². The maximum atomic E-state index is 9.20. The molecule has 0 radical (unpaired) electrons. The summed E-state index contributed by atoms with van der Waals surface area (Å²) in [5.74, 6) is 3.16. The smallest absolute Gasteiger partial charge is 0.115 e. The largest absolute Gasteiger partial charge is 0.508 e. The molecule has 0 amide bonds. The molecule has 3 atom stereocenters. The van der Waals surface area contributed by atoms with E-state index in [0.29, 0.717) is 5.75 Å². The molecule has 0 saturated heterocycles. The van der Waals surface area contributed by atoms with Crippen LogP contribution in [0, 0.1) is 17.8 Å². The molecule has 1 N–H and O–H groups in total. The van der Waals surface area contributed by atoms with E-state index in [1.165, 1.54) is 30.6 Å². The summed E-state index contributed by atoms with van der Waals surface area (Å²) in [6.45, 7) is 0. The lowest BCUT2D eigenvalue weighted by atomic mass is 9.89. The number of hydrogen-bond donors (Lipinski definition) is 1. The molecule has 2 fully saturated rings. The number of allylic oxidation sites excluding steroid dienone is 1. The quantitative estimate of drug-likeness (QED) is 0.796. The fourth-order valence-electron chi connectivity index (χ4n) is 3.27. The van der Waals surface area contributed by atoms with E-state index in [0.717, 1.165) is 17.8 Å². The molecule has 1 aromatic rings. The van der Waals surface area contributed by atoms with Crippen molar-refractivity contribution in [3.8, 4) is 5.75 Å². The Balaban J connectivity index is 1.55. The van der Waals surface area contributed by atoms with Crippen LogP contribution in [0.4, 0.5) is 0 Å². The highest BCUT2D eigenvalue weighted by Crippen LogP contribution is 2.49. The average molecular weight is 246 g/mol. The van der Waals surface area contributed by atoms with Crippen molar-refractivity contribution in [1.29, 1.82) is 0 Å². The Hall–Kier alpha value is -0.890. The minimum Gasteiger partial charge on any atom is -0.508 e. The van der Waals surface area contributed by atoms with Gasteiger partial charge in [-0.1, -0.05) is 24.3 Å². The zero-order valence-corrected chi connectivity index (χ0v) is 10.7. The highest BCUT2D eigenvalue weighted by molar-refractivity contribution is 8.02. The molecule has 2 bridgehead atoms. The zero-order chi connectivity index (χ0) is 11.7. The first-order valence-corrected chi connectivity index (χ1v) is 7.31. The van der Waals surface area contributed by atoms with Gasteiger partial charge in [-0.15, -0.1) is 0 Å². The van der Waals surface area contributed by atoms with Gasteiger partial charge in [0.15, 0.2) is 0 Å². The van der Waals surface area contributed by atoms with Gasteiger partial charge in [-0.25, -0.2) is 0 Å². The van der Waals surface area contributed by atoms with Crippen LogP contribution in [0.2, 0.25) is 0 Å². The minimum atomic E-state index is 0.339. The fraction of sp³-hybridized carbons (Fsp3) is 0.467. The second kappa shape index (κ2) is 4.77. The summed E-state index contributed by atoms with van der Waals surface area (Å²) in [5, 5.41) is 11.4. The van der Waals surface area contributed by atoms with E-state index in [1.54, 1.807) is 23.9 Å². The van der Waals surface area contributed by atoms with Gasteiger partial charge in [0, 0.05) is 4.90 Å². The summed E-state index contributed by atoms with van der Waals surface area (Å²) in [6.07, 6.45) is 8.21. The van der Waals surface area contributed by atoms with Crippen molar-refractivity contribution >= 4 is 11.8 Å². The second-order valence-corrected chi connectivity index (χ2v) is 6.26. The van der Waals surface area contributed by atoms with Crippen molar-refractivity contribution in [1.82, 2.24) is 0 Å². The lowest BCUT2D eigenvalue weighted by Gasteiger charge is -2.17. The first-order chi connectivity index (χ1) is 8.31. The fourth-order valence-corrected chi connectivity index (χ4v) is 4.00. The third-order valence-electron chi connectivity index (χ3n) is 4.16. The molecule has 90 valence electrons. The van der Waals surface area contributed by atoms with Gasteiger partial charge >= 0.3 is 0 Å². The molecular formula is C15H18OS. The molecule has 3 rings (SSSR count). The van der Waals surface area contributed by atoms with E-state index in [-0.39, 0.29) is 0 Å². The van der Waals surface area contributed by atoms with E-state index in [2.05, 4.69) is 11.5 Å². The van der Waals surface area contributed by atoms with Gasteiger partial charge in [0.2, 0.25) is 0 Å². The SMILES string of the molecule is Oc1ccc(SC=CC2CC3CCC2C3)cc1. The highest BCUT2D eigenvalue weighted by atomic mass is 32.2.